The topological polar surface area (TPSA) is 39.1 Å². The Balaban J connectivity index is 2.08. The van der Waals surface area contributed by atoms with E-state index in [4.69, 9.17) is 5.26 Å². The Kier molecular flexibility index (Phi) is 5.58. The molecule has 20 heavy (non-hydrogen) atoms. The van der Waals surface area contributed by atoms with Crippen molar-refractivity contribution in [2.24, 2.45) is 0 Å². The minimum atomic E-state index is 0.366. The van der Waals surface area contributed by atoms with Gasteiger partial charge in [0.05, 0.1) is 11.6 Å². The average molecular weight is 271 g/mol. The third-order valence-electron chi connectivity index (χ3n) is 4.17. The first-order valence-electron chi connectivity index (χ1n) is 7.72. The smallest absolute Gasteiger partial charge is 0.0991 e. The highest BCUT2D eigenvalue weighted by atomic mass is 15.2. The Morgan fingerprint density at radius 2 is 2.35 bits per heavy atom. The van der Waals surface area contributed by atoms with Crippen molar-refractivity contribution >= 4 is 0 Å². The van der Waals surface area contributed by atoms with Crippen molar-refractivity contribution in [1.82, 2.24) is 10.2 Å². The van der Waals surface area contributed by atoms with Crippen LogP contribution in [0.25, 0.3) is 0 Å². The van der Waals surface area contributed by atoms with Crippen molar-refractivity contribution < 1.29 is 0 Å². The summed E-state index contributed by atoms with van der Waals surface area (Å²) in [4.78, 5) is 2.54. The van der Waals surface area contributed by atoms with Crippen LogP contribution in [0.2, 0.25) is 0 Å². The Hall–Kier alpha value is -1.37. The van der Waals surface area contributed by atoms with Crippen molar-refractivity contribution in [2.75, 3.05) is 19.6 Å². The molecule has 0 bridgehead atoms. The molecule has 2 rings (SSSR count). The van der Waals surface area contributed by atoms with Crippen LogP contribution in [0.4, 0.5) is 0 Å². The summed E-state index contributed by atoms with van der Waals surface area (Å²) in [7, 11) is 0. The van der Waals surface area contributed by atoms with E-state index in [0.717, 1.165) is 31.6 Å². The van der Waals surface area contributed by atoms with E-state index in [1.54, 1.807) is 0 Å². The van der Waals surface area contributed by atoms with Gasteiger partial charge >= 0.3 is 0 Å². The molecular weight excluding hydrogens is 246 g/mol. The summed E-state index contributed by atoms with van der Waals surface area (Å²) in [6, 6.07) is 11.3. The van der Waals surface area contributed by atoms with Gasteiger partial charge in [0.25, 0.3) is 0 Å². The summed E-state index contributed by atoms with van der Waals surface area (Å²) in [5, 5.41) is 12.6. The third-order valence-corrected chi connectivity index (χ3v) is 4.17. The molecule has 0 aromatic heterocycles. The van der Waals surface area contributed by atoms with Crippen LogP contribution in [0, 0.1) is 11.3 Å². The molecule has 3 nitrogen and oxygen atoms in total. The van der Waals surface area contributed by atoms with Gasteiger partial charge in [-0.25, -0.2) is 0 Å². The maximum Gasteiger partial charge on any atom is 0.0991 e. The predicted octanol–water partition coefficient (Wildman–Crippen LogP) is 3.08. The molecule has 108 valence electrons. The SMILES string of the molecule is CCCN(CC1CCCN1)C(C)c1cccc(C#N)c1. The quantitative estimate of drug-likeness (QED) is 0.864. The molecular formula is C17H25N3. The summed E-state index contributed by atoms with van der Waals surface area (Å²) in [5.74, 6) is 0. The zero-order valence-electron chi connectivity index (χ0n) is 12.6. The molecule has 0 aliphatic carbocycles. The largest absolute Gasteiger partial charge is 0.313 e. The van der Waals surface area contributed by atoms with Crippen molar-refractivity contribution in [2.45, 2.75) is 45.2 Å². The Morgan fingerprint density at radius 1 is 1.50 bits per heavy atom. The minimum absolute atomic E-state index is 0.366. The van der Waals surface area contributed by atoms with E-state index in [1.165, 1.54) is 18.4 Å². The number of rotatable bonds is 6. The molecule has 0 radical (unpaired) electrons. The van der Waals surface area contributed by atoms with Crippen LogP contribution in [0.3, 0.4) is 0 Å². The molecule has 0 saturated carbocycles. The van der Waals surface area contributed by atoms with E-state index < -0.39 is 0 Å². The molecule has 1 fully saturated rings. The van der Waals surface area contributed by atoms with E-state index >= 15 is 0 Å². The van der Waals surface area contributed by atoms with Crippen LogP contribution < -0.4 is 5.32 Å². The second-order valence-corrected chi connectivity index (χ2v) is 5.70. The lowest BCUT2D eigenvalue weighted by Crippen LogP contribution is -2.39. The summed E-state index contributed by atoms with van der Waals surface area (Å²) in [6.07, 6.45) is 3.74. The normalized spacial score (nSPS) is 20.0. The van der Waals surface area contributed by atoms with Gasteiger partial charge in [-0.05, 0) is 57.0 Å². The lowest BCUT2D eigenvalue weighted by Gasteiger charge is -2.31. The molecule has 1 aliphatic heterocycles. The highest BCUT2D eigenvalue weighted by Crippen LogP contribution is 2.22. The Labute approximate surface area is 122 Å². The van der Waals surface area contributed by atoms with Gasteiger partial charge in [0, 0.05) is 18.6 Å². The molecule has 1 N–H and O–H groups in total. The number of benzene rings is 1. The number of nitrogens with one attached hydrogen (secondary N) is 1. The van der Waals surface area contributed by atoms with Gasteiger partial charge in [0.2, 0.25) is 0 Å². The van der Waals surface area contributed by atoms with Crippen LogP contribution in [0.1, 0.15) is 50.3 Å². The standard InChI is InChI=1S/C17H25N3/c1-3-10-20(13-17-8-5-9-19-17)14(2)16-7-4-6-15(11-16)12-18/h4,6-7,11,14,17,19H,3,5,8-10,13H2,1-2H3. The molecule has 1 heterocycles. The molecule has 0 spiro atoms. The lowest BCUT2D eigenvalue weighted by molar-refractivity contribution is 0.192. The first-order chi connectivity index (χ1) is 9.74. The molecule has 1 aromatic carbocycles. The molecule has 1 saturated heterocycles. The van der Waals surface area contributed by atoms with Gasteiger partial charge in [-0.1, -0.05) is 19.1 Å². The van der Waals surface area contributed by atoms with Crippen molar-refractivity contribution in [3.63, 3.8) is 0 Å². The predicted molar refractivity (Wildman–Crippen MR) is 82.5 cm³/mol. The van der Waals surface area contributed by atoms with E-state index in [2.05, 4.69) is 36.2 Å². The number of nitriles is 1. The highest BCUT2D eigenvalue weighted by molar-refractivity contribution is 5.34. The van der Waals surface area contributed by atoms with Crippen LogP contribution in [-0.2, 0) is 0 Å². The fraction of sp³-hybridized carbons (Fsp3) is 0.588. The number of hydrogen-bond donors (Lipinski definition) is 1. The second kappa shape index (κ2) is 7.42. The molecule has 0 amide bonds. The Bertz CT molecular complexity index is 458. The monoisotopic (exact) mass is 271 g/mol. The van der Waals surface area contributed by atoms with Crippen LogP contribution in [-0.4, -0.2) is 30.6 Å². The van der Waals surface area contributed by atoms with Crippen LogP contribution in [0.15, 0.2) is 24.3 Å². The van der Waals surface area contributed by atoms with Crippen molar-refractivity contribution in [3.05, 3.63) is 35.4 Å². The summed E-state index contributed by atoms with van der Waals surface area (Å²) >= 11 is 0. The summed E-state index contributed by atoms with van der Waals surface area (Å²) in [6.45, 7) is 7.85. The maximum atomic E-state index is 9.04. The first kappa shape index (κ1) is 15.0. The third kappa shape index (κ3) is 3.82. The zero-order chi connectivity index (χ0) is 14.4. The van der Waals surface area contributed by atoms with E-state index in [-0.39, 0.29) is 0 Å². The first-order valence-corrected chi connectivity index (χ1v) is 7.72. The summed E-state index contributed by atoms with van der Waals surface area (Å²) < 4.78 is 0. The molecule has 1 aromatic rings. The molecule has 2 atom stereocenters. The van der Waals surface area contributed by atoms with E-state index in [1.807, 2.05) is 18.2 Å². The Morgan fingerprint density at radius 3 is 3.00 bits per heavy atom. The van der Waals surface area contributed by atoms with E-state index in [9.17, 15) is 0 Å². The van der Waals surface area contributed by atoms with Crippen LogP contribution in [0.5, 0.6) is 0 Å². The minimum Gasteiger partial charge on any atom is -0.313 e. The van der Waals surface area contributed by atoms with Gasteiger partial charge in [-0.3, -0.25) is 4.90 Å². The van der Waals surface area contributed by atoms with E-state index in [0.29, 0.717) is 12.1 Å². The zero-order valence-corrected chi connectivity index (χ0v) is 12.6. The molecule has 1 aliphatic rings. The van der Waals surface area contributed by atoms with Gasteiger partial charge in [0.15, 0.2) is 0 Å². The van der Waals surface area contributed by atoms with Gasteiger partial charge in [-0.2, -0.15) is 5.26 Å². The van der Waals surface area contributed by atoms with Crippen molar-refractivity contribution in [3.8, 4) is 6.07 Å². The van der Waals surface area contributed by atoms with Crippen LogP contribution >= 0.6 is 0 Å². The average Bonchev–Trinajstić information content (AvgIpc) is 2.99. The number of hydrogen-bond acceptors (Lipinski definition) is 3. The fourth-order valence-electron chi connectivity index (χ4n) is 3.00. The van der Waals surface area contributed by atoms with Gasteiger partial charge in [0.1, 0.15) is 0 Å². The summed E-state index contributed by atoms with van der Waals surface area (Å²) in [5.41, 5.74) is 2.00. The molecule has 2 unspecified atom stereocenters. The van der Waals surface area contributed by atoms with Crippen molar-refractivity contribution in [1.29, 1.82) is 5.26 Å². The number of nitrogens with zero attached hydrogens (tertiary/aromatic N) is 2. The lowest BCUT2D eigenvalue weighted by atomic mass is 10.0. The maximum absolute atomic E-state index is 9.04. The highest BCUT2D eigenvalue weighted by Gasteiger charge is 2.21. The molecule has 3 heteroatoms. The fourth-order valence-corrected chi connectivity index (χ4v) is 3.00. The van der Waals surface area contributed by atoms with Gasteiger partial charge < -0.3 is 5.32 Å². The second-order valence-electron chi connectivity index (χ2n) is 5.70. The van der Waals surface area contributed by atoms with Gasteiger partial charge in [-0.15, -0.1) is 0 Å².